The fraction of sp³-hybridized carbons (Fsp3) is 0.500. The maximum Gasteiger partial charge on any atom is 0.0966 e. The van der Waals surface area contributed by atoms with E-state index in [1.54, 1.807) is 0 Å². The van der Waals surface area contributed by atoms with Crippen molar-refractivity contribution < 1.29 is 0 Å². The molecule has 2 aromatic rings. The molecule has 86 valence electrons. The van der Waals surface area contributed by atoms with E-state index in [0.29, 0.717) is 5.92 Å². The third kappa shape index (κ3) is 2.27. The van der Waals surface area contributed by atoms with Crippen LogP contribution >= 0.6 is 11.3 Å². The molecule has 1 unspecified atom stereocenters. The summed E-state index contributed by atoms with van der Waals surface area (Å²) in [4.78, 5) is 4.70. The molecule has 1 nitrogen and oxygen atoms in total. The van der Waals surface area contributed by atoms with Crippen LogP contribution in [0.15, 0.2) is 18.2 Å². The van der Waals surface area contributed by atoms with E-state index >= 15 is 0 Å². The smallest absolute Gasteiger partial charge is 0.0966 e. The Bertz CT molecular complexity index is 473. The molecule has 2 heteroatoms. The molecule has 0 N–H and O–H groups in total. The predicted molar refractivity (Wildman–Crippen MR) is 72.3 cm³/mol. The monoisotopic (exact) mass is 233 g/mol. The molecule has 1 aromatic heterocycles. The van der Waals surface area contributed by atoms with Gasteiger partial charge in [0.2, 0.25) is 0 Å². The Labute approximate surface area is 102 Å². The van der Waals surface area contributed by atoms with Gasteiger partial charge < -0.3 is 0 Å². The summed E-state index contributed by atoms with van der Waals surface area (Å²) in [5.41, 5.74) is 2.61. The van der Waals surface area contributed by atoms with E-state index in [4.69, 9.17) is 4.98 Å². The van der Waals surface area contributed by atoms with Crippen LogP contribution < -0.4 is 0 Å². The van der Waals surface area contributed by atoms with E-state index in [-0.39, 0.29) is 0 Å². The third-order valence-electron chi connectivity index (χ3n) is 3.04. The molecule has 0 saturated carbocycles. The third-order valence-corrected chi connectivity index (χ3v) is 4.29. The standard InChI is InChI=1S/C14H19NS/c1-4-6-11-7-8-12-13(9-11)16-14(15-12)10(3)5-2/h7-10H,4-6H2,1-3H3. The molecule has 1 aromatic carbocycles. The Morgan fingerprint density at radius 1 is 1.31 bits per heavy atom. The Morgan fingerprint density at radius 3 is 2.81 bits per heavy atom. The number of aryl methyl sites for hydroxylation is 1. The number of benzene rings is 1. The first-order valence-electron chi connectivity index (χ1n) is 6.14. The van der Waals surface area contributed by atoms with Gasteiger partial charge in [-0.25, -0.2) is 4.98 Å². The van der Waals surface area contributed by atoms with Gasteiger partial charge in [-0.1, -0.05) is 33.3 Å². The highest BCUT2D eigenvalue weighted by atomic mass is 32.1. The maximum atomic E-state index is 4.70. The van der Waals surface area contributed by atoms with Gasteiger partial charge in [0.15, 0.2) is 0 Å². The van der Waals surface area contributed by atoms with Gasteiger partial charge >= 0.3 is 0 Å². The summed E-state index contributed by atoms with van der Waals surface area (Å²) in [6, 6.07) is 6.69. The average molecular weight is 233 g/mol. The lowest BCUT2D eigenvalue weighted by atomic mass is 10.1. The van der Waals surface area contributed by atoms with Crippen molar-refractivity contribution in [2.75, 3.05) is 0 Å². The van der Waals surface area contributed by atoms with Crippen LogP contribution in [0.4, 0.5) is 0 Å². The summed E-state index contributed by atoms with van der Waals surface area (Å²) < 4.78 is 1.35. The maximum absolute atomic E-state index is 4.70. The van der Waals surface area contributed by atoms with Crippen LogP contribution in [0.5, 0.6) is 0 Å². The lowest BCUT2D eigenvalue weighted by molar-refractivity contribution is 0.729. The van der Waals surface area contributed by atoms with E-state index in [1.165, 1.54) is 40.1 Å². The highest BCUT2D eigenvalue weighted by Gasteiger charge is 2.09. The van der Waals surface area contributed by atoms with Gasteiger partial charge in [-0.3, -0.25) is 0 Å². The molecule has 0 aliphatic carbocycles. The van der Waals surface area contributed by atoms with E-state index in [0.717, 1.165) is 0 Å². The highest BCUT2D eigenvalue weighted by Crippen LogP contribution is 2.29. The zero-order valence-electron chi connectivity index (χ0n) is 10.3. The normalized spacial score (nSPS) is 13.2. The first kappa shape index (κ1) is 11.6. The Hall–Kier alpha value is -0.890. The summed E-state index contributed by atoms with van der Waals surface area (Å²) in [6.07, 6.45) is 3.55. The van der Waals surface area contributed by atoms with E-state index < -0.39 is 0 Å². The molecule has 16 heavy (non-hydrogen) atoms. The molecule has 0 fully saturated rings. The van der Waals surface area contributed by atoms with Crippen LogP contribution in [0.1, 0.15) is 50.1 Å². The minimum absolute atomic E-state index is 0.590. The van der Waals surface area contributed by atoms with Crippen molar-refractivity contribution in [1.82, 2.24) is 4.98 Å². The Morgan fingerprint density at radius 2 is 2.12 bits per heavy atom. The van der Waals surface area contributed by atoms with Gasteiger partial charge in [0.25, 0.3) is 0 Å². The van der Waals surface area contributed by atoms with Crippen molar-refractivity contribution in [1.29, 1.82) is 0 Å². The number of rotatable bonds is 4. The molecule has 2 rings (SSSR count). The topological polar surface area (TPSA) is 12.9 Å². The van der Waals surface area contributed by atoms with Gasteiger partial charge in [-0.2, -0.15) is 0 Å². The lowest BCUT2D eigenvalue weighted by Crippen LogP contribution is -1.88. The van der Waals surface area contributed by atoms with Gasteiger partial charge in [0.1, 0.15) is 0 Å². The molecule has 0 radical (unpaired) electrons. The number of nitrogens with zero attached hydrogens (tertiary/aromatic N) is 1. The summed E-state index contributed by atoms with van der Waals surface area (Å²) in [6.45, 7) is 6.70. The fourth-order valence-electron chi connectivity index (χ4n) is 1.82. The molecule has 0 amide bonds. The zero-order chi connectivity index (χ0) is 11.5. The largest absolute Gasteiger partial charge is 0.241 e. The molecule has 1 heterocycles. The molecule has 0 aliphatic heterocycles. The van der Waals surface area contributed by atoms with Gasteiger partial charge in [0.05, 0.1) is 15.2 Å². The van der Waals surface area contributed by atoms with Crippen LogP contribution in [-0.4, -0.2) is 4.98 Å². The first-order chi connectivity index (χ1) is 7.74. The fourth-order valence-corrected chi connectivity index (χ4v) is 2.98. The molecular formula is C14H19NS. The lowest BCUT2D eigenvalue weighted by Gasteiger charge is -2.00. The summed E-state index contributed by atoms with van der Waals surface area (Å²) in [7, 11) is 0. The number of fused-ring (bicyclic) bond motifs is 1. The van der Waals surface area contributed by atoms with Crippen molar-refractivity contribution in [2.24, 2.45) is 0 Å². The van der Waals surface area contributed by atoms with E-state index in [2.05, 4.69) is 39.0 Å². The van der Waals surface area contributed by atoms with Crippen molar-refractivity contribution in [3.05, 3.63) is 28.8 Å². The second-order valence-electron chi connectivity index (χ2n) is 4.41. The van der Waals surface area contributed by atoms with Crippen LogP contribution in [0.3, 0.4) is 0 Å². The number of hydrogen-bond acceptors (Lipinski definition) is 2. The Kier molecular flexibility index (Phi) is 3.59. The Balaban J connectivity index is 2.38. The van der Waals surface area contributed by atoms with Crippen LogP contribution in [0, 0.1) is 0 Å². The minimum atomic E-state index is 0.590. The van der Waals surface area contributed by atoms with Crippen molar-refractivity contribution in [3.63, 3.8) is 0 Å². The van der Waals surface area contributed by atoms with Crippen molar-refractivity contribution >= 4 is 21.6 Å². The minimum Gasteiger partial charge on any atom is -0.241 e. The summed E-state index contributed by atoms with van der Waals surface area (Å²) >= 11 is 1.86. The van der Waals surface area contributed by atoms with Gasteiger partial charge in [-0.05, 0) is 30.5 Å². The van der Waals surface area contributed by atoms with Gasteiger partial charge in [-0.15, -0.1) is 11.3 Å². The molecule has 0 saturated heterocycles. The van der Waals surface area contributed by atoms with Crippen LogP contribution in [0.2, 0.25) is 0 Å². The quantitative estimate of drug-likeness (QED) is 0.741. The second-order valence-corrected chi connectivity index (χ2v) is 5.48. The second kappa shape index (κ2) is 4.96. The summed E-state index contributed by atoms with van der Waals surface area (Å²) in [5.74, 6) is 0.590. The molecule has 1 atom stereocenters. The summed E-state index contributed by atoms with van der Waals surface area (Å²) in [5, 5.41) is 1.28. The SMILES string of the molecule is CCCc1ccc2nc(C(C)CC)sc2c1. The van der Waals surface area contributed by atoms with Crippen LogP contribution in [-0.2, 0) is 6.42 Å². The van der Waals surface area contributed by atoms with Gasteiger partial charge in [0, 0.05) is 5.92 Å². The number of thiazole rings is 1. The van der Waals surface area contributed by atoms with E-state index in [9.17, 15) is 0 Å². The first-order valence-corrected chi connectivity index (χ1v) is 6.95. The van der Waals surface area contributed by atoms with Crippen molar-refractivity contribution in [2.45, 2.75) is 46.0 Å². The average Bonchev–Trinajstić information content (AvgIpc) is 2.71. The number of aromatic nitrogens is 1. The zero-order valence-corrected chi connectivity index (χ0v) is 11.1. The molecule has 0 spiro atoms. The predicted octanol–water partition coefficient (Wildman–Crippen LogP) is 4.76. The van der Waals surface area contributed by atoms with Crippen LogP contribution in [0.25, 0.3) is 10.2 Å². The molecule has 0 aliphatic rings. The number of hydrogen-bond donors (Lipinski definition) is 0. The molecular weight excluding hydrogens is 214 g/mol. The van der Waals surface area contributed by atoms with Crippen molar-refractivity contribution in [3.8, 4) is 0 Å². The molecule has 0 bridgehead atoms. The highest BCUT2D eigenvalue weighted by molar-refractivity contribution is 7.18. The van der Waals surface area contributed by atoms with E-state index in [1.807, 2.05) is 11.3 Å².